The summed E-state index contributed by atoms with van der Waals surface area (Å²) in [4.78, 5) is 27.8. The van der Waals surface area contributed by atoms with E-state index in [-0.39, 0.29) is 24.1 Å². The van der Waals surface area contributed by atoms with Crippen LogP contribution in [0.3, 0.4) is 0 Å². The molecule has 2 aromatic carbocycles. The highest BCUT2D eigenvalue weighted by molar-refractivity contribution is 7.99. The van der Waals surface area contributed by atoms with Gasteiger partial charge in [0.05, 0.1) is 15.8 Å². The average Bonchev–Trinajstić information content (AvgIpc) is 2.76. The molecule has 9 heteroatoms. The molecule has 0 aromatic heterocycles. The Morgan fingerprint density at radius 1 is 1.00 bits per heavy atom. The molecule has 4 nitrogen and oxygen atoms in total. The third kappa shape index (κ3) is 8.56. The molecule has 0 aliphatic rings. The normalized spacial score (nSPS) is 12.0. The number of thioether (sulfide) groups is 1. The highest BCUT2D eigenvalue weighted by Crippen LogP contribution is 2.29. The zero-order valence-corrected chi connectivity index (χ0v) is 22.7. The van der Waals surface area contributed by atoms with Gasteiger partial charge in [-0.15, -0.1) is 11.8 Å². The molecule has 33 heavy (non-hydrogen) atoms. The molecule has 0 bridgehead atoms. The molecule has 0 fully saturated rings. The fraction of sp³-hybridized carbons (Fsp3) is 0.417. The Balaban J connectivity index is 2.19. The number of rotatable bonds is 11. The van der Waals surface area contributed by atoms with E-state index in [4.69, 9.17) is 46.4 Å². The molecule has 1 unspecified atom stereocenters. The molecule has 1 N–H and O–H groups in total. The van der Waals surface area contributed by atoms with Crippen LogP contribution in [0, 0.1) is 5.92 Å². The van der Waals surface area contributed by atoms with Gasteiger partial charge < -0.3 is 10.2 Å². The van der Waals surface area contributed by atoms with Gasteiger partial charge in [0.15, 0.2) is 0 Å². The van der Waals surface area contributed by atoms with Crippen LogP contribution in [0.2, 0.25) is 20.1 Å². The summed E-state index contributed by atoms with van der Waals surface area (Å²) in [6.07, 6.45) is 0.484. The van der Waals surface area contributed by atoms with Gasteiger partial charge in [0, 0.05) is 28.9 Å². The second-order valence-electron chi connectivity index (χ2n) is 8.03. The van der Waals surface area contributed by atoms with Gasteiger partial charge in [-0.1, -0.05) is 79.3 Å². The van der Waals surface area contributed by atoms with Crippen LogP contribution >= 0.6 is 58.2 Å². The predicted molar refractivity (Wildman–Crippen MR) is 142 cm³/mol. The number of carbonyl (C=O) groups excluding carboxylic acids is 2. The summed E-state index contributed by atoms with van der Waals surface area (Å²) in [7, 11) is 0. The first-order chi connectivity index (χ1) is 15.6. The zero-order chi connectivity index (χ0) is 24.5. The molecule has 2 rings (SSSR count). The maximum Gasteiger partial charge on any atom is 0.242 e. The number of carbonyl (C=O) groups is 2. The Bertz CT molecular complexity index is 951. The van der Waals surface area contributed by atoms with Crippen LogP contribution in [0.5, 0.6) is 0 Å². The lowest BCUT2D eigenvalue weighted by molar-refractivity contribution is -0.139. The number of nitrogens with one attached hydrogen (secondary N) is 1. The van der Waals surface area contributed by atoms with Gasteiger partial charge in [0.25, 0.3) is 0 Å². The van der Waals surface area contributed by atoms with E-state index in [1.165, 1.54) is 11.8 Å². The standard InChI is InChI=1S/C24H28Cl4N2O2S/c1-4-22(24(32)29-11-15(2)3)30(12-16-8-9-20(27)21(28)10-16)23(31)14-33-13-17-18(25)6-5-7-19(17)26/h5-10,15,22H,4,11-14H2,1-3H3,(H,29,32). The van der Waals surface area contributed by atoms with Crippen molar-refractivity contribution in [2.24, 2.45) is 5.92 Å². The topological polar surface area (TPSA) is 49.4 Å². The molecule has 0 saturated carbocycles. The lowest BCUT2D eigenvalue weighted by Crippen LogP contribution is -2.50. The van der Waals surface area contributed by atoms with E-state index in [2.05, 4.69) is 5.32 Å². The highest BCUT2D eigenvalue weighted by atomic mass is 35.5. The molecular formula is C24H28Cl4N2O2S. The van der Waals surface area contributed by atoms with Crippen LogP contribution in [-0.4, -0.2) is 35.1 Å². The smallest absolute Gasteiger partial charge is 0.242 e. The maximum atomic E-state index is 13.3. The van der Waals surface area contributed by atoms with E-state index >= 15 is 0 Å². The van der Waals surface area contributed by atoms with E-state index in [0.717, 1.165) is 11.1 Å². The number of halogens is 4. The van der Waals surface area contributed by atoms with Crippen LogP contribution in [0.25, 0.3) is 0 Å². The summed E-state index contributed by atoms with van der Waals surface area (Å²) >= 11 is 26.1. The van der Waals surface area contributed by atoms with Crippen molar-refractivity contribution >= 4 is 70.0 Å². The Labute approximate surface area is 220 Å². The number of amides is 2. The average molecular weight is 550 g/mol. The Kier molecular flexibility index (Phi) is 11.7. The van der Waals surface area contributed by atoms with Crippen LogP contribution < -0.4 is 5.32 Å². The molecule has 0 aliphatic heterocycles. The molecule has 2 amide bonds. The molecule has 0 spiro atoms. The molecule has 2 aromatic rings. The Morgan fingerprint density at radius 3 is 2.24 bits per heavy atom. The SMILES string of the molecule is CCC(C(=O)NCC(C)C)N(Cc1ccc(Cl)c(Cl)c1)C(=O)CSCc1c(Cl)cccc1Cl. The summed E-state index contributed by atoms with van der Waals surface area (Å²) in [6, 6.07) is 9.95. The van der Waals surface area contributed by atoms with Crippen molar-refractivity contribution in [1.82, 2.24) is 10.2 Å². The third-order valence-corrected chi connectivity index (χ3v) is 7.33. The molecule has 0 aliphatic carbocycles. The monoisotopic (exact) mass is 548 g/mol. The zero-order valence-electron chi connectivity index (χ0n) is 18.8. The van der Waals surface area contributed by atoms with E-state index in [9.17, 15) is 9.59 Å². The number of benzene rings is 2. The minimum atomic E-state index is -0.602. The van der Waals surface area contributed by atoms with Crippen LogP contribution in [-0.2, 0) is 21.9 Å². The van der Waals surface area contributed by atoms with Gasteiger partial charge in [-0.3, -0.25) is 9.59 Å². The summed E-state index contributed by atoms with van der Waals surface area (Å²) in [5, 5.41) is 4.92. The Hall–Kier alpha value is -1.11. The molecule has 0 radical (unpaired) electrons. The van der Waals surface area contributed by atoms with E-state index in [0.29, 0.717) is 44.7 Å². The second-order valence-corrected chi connectivity index (χ2v) is 10.6. The summed E-state index contributed by atoms with van der Waals surface area (Å²) in [5.74, 6) is 0.652. The number of hydrogen-bond donors (Lipinski definition) is 1. The number of hydrogen-bond acceptors (Lipinski definition) is 3. The van der Waals surface area contributed by atoms with Crippen LogP contribution in [0.1, 0.15) is 38.3 Å². The molecular weight excluding hydrogens is 522 g/mol. The summed E-state index contributed by atoms with van der Waals surface area (Å²) in [5.41, 5.74) is 1.59. The van der Waals surface area contributed by atoms with E-state index in [1.54, 1.807) is 35.2 Å². The van der Waals surface area contributed by atoms with Crippen molar-refractivity contribution in [3.63, 3.8) is 0 Å². The lowest BCUT2D eigenvalue weighted by atomic mass is 10.1. The molecule has 1 atom stereocenters. The van der Waals surface area contributed by atoms with Crippen molar-refractivity contribution in [2.45, 2.75) is 45.5 Å². The third-order valence-electron chi connectivity index (χ3n) is 4.94. The van der Waals surface area contributed by atoms with Crippen molar-refractivity contribution in [1.29, 1.82) is 0 Å². The second kappa shape index (κ2) is 13.7. The van der Waals surface area contributed by atoms with Gasteiger partial charge in [-0.25, -0.2) is 0 Å². The summed E-state index contributed by atoms with van der Waals surface area (Å²) < 4.78 is 0. The van der Waals surface area contributed by atoms with E-state index in [1.807, 2.05) is 26.8 Å². The van der Waals surface area contributed by atoms with E-state index < -0.39 is 6.04 Å². The maximum absolute atomic E-state index is 13.3. The quantitative estimate of drug-likeness (QED) is 0.325. The fourth-order valence-electron chi connectivity index (χ4n) is 3.17. The first-order valence-electron chi connectivity index (χ1n) is 10.7. The van der Waals surface area contributed by atoms with Gasteiger partial charge in [0.2, 0.25) is 11.8 Å². The first-order valence-corrected chi connectivity index (χ1v) is 13.3. The number of nitrogens with zero attached hydrogens (tertiary/aromatic N) is 1. The lowest BCUT2D eigenvalue weighted by Gasteiger charge is -2.31. The summed E-state index contributed by atoms with van der Waals surface area (Å²) in [6.45, 7) is 6.73. The largest absolute Gasteiger partial charge is 0.354 e. The minimum absolute atomic E-state index is 0.152. The van der Waals surface area contributed by atoms with Gasteiger partial charge >= 0.3 is 0 Å². The van der Waals surface area contributed by atoms with Crippen molar-refractivity contribution in [3.8, 4) is 0 Å². The van der Waals surface area contributed by atoms with Crippen LogP contribution in [0.15, 0.2) is 36.4 Å². The van der Waals surface area contributed by atoms with Crippen molar-refractivity contribution in [3.05, 3.63) is 67.6 Å². The fourth-order valence-corrected chi connectivity index (χ4v) is 5.14. The van der Waals surface area contributed by atoms with Gasteiger partial charge in [-0.2, -0.15) is 0 Å². The van der Waals surface area contributed by atoms with Gasteiger partial charge in [0.1, 0.15) is 6.04 Å². The molecule has 180 valence electrons. The molecule has 0 heterocycles. The molecule has 0 saturated heterocycles. The predicted octanol–water partition coefficient (Wildman–Crippen LogP) is 7.11. The van der Waals surface area contributed by atoms with Gasteiger partial charge in [-0.05, 0) is 47.7 Å². The minimum Gasteiger partial charge on any atom is -0.354 e. The van der Waals surface area contributed by atoms with Crippen LogP contribution in [0.4, 0.5) is 0 Å². The Morgan fingerprint density at radius 2 is 1.67 bits per heavy atom. The van der Waals surface area contributed by atoms with Crippen molar-refractivity contribution in [2.75, 3.05) is 12.3 Å². The van der Waals surface area contributed by atoms with Crippen molar-refractivity contribution < 1.29 is 9.59 Å². The highest BCUT2D eigenvalue weighted by Gasteiger charge is 2.28. The first kappa shape index (κ1) is 28.1.